The molecule has 0 unspecified atom stereocenters. The number of rotatable bonds is 7. The fraction of sp³-hybridized carbons (Fsp3) is 0.583. The van der Waals surface area contributed by atoms with Gasteiger partial charge in [-0.25, -0.2) is 19.7 Å². The number of Topliss-reactive ketones (excluding diaryl/α,β-unsaturated/α-hetero) is 1. The van der Waals surface area contributed by atoms with E-state index in [1.807, 2.05) is 4.57 Å². The van der Waals surface area contributed by atoms with Crippen LogP contribution in [0, 0.1) is 30.1 Å². The quantitative estimate of drug-likeness (QED) is 0.402. The van der Waals surface area contributed by atoms with Crippen molar-refractivity contribution in [1.82, 2.24) is 29.7 Å². The van der Waals surface area contributed by atoms with Crippen LogP contribution in [-0.4, -0.2) is 41.5 Å². The number of anilines is 1. The van der Waals surface area contributed by atoms with E-state index in [9.17, 15) is 9.59 Å². The Kier molecular flexibility index (Phi) is 5.94. The maximum atomic E-state index is 12.6. The molecule has 10 nitrogen and oxygen atoms in total. The van der Waals surface area contributed by atoms with Crippen molar-refractivity contribution in [3.8, 4) is 24.0 Å². The van der Waals surface area contributed by atoms with E-state index in [-0.39, 0.29) is 23.5 Å². The first-order valence-electron chi connectivity index (χ1n) is 12.0. The predicted molar refractivity (Wildman–Crippen MR) is 126 cm³/mol. The minimum Gasteiger partial charge on any atom is -0.365 e. The fourth-order valence-corrected chi connectivity index (χ4v) is 5.06. The lowest BCUT2D eigenvalue weighted by atomic mass is 9.80. The van der Waals surface area contributed by atoms with Crippen LogP contribution in [0.5, 0.6) is 0 Å². The number of carbonyl (C=O) groups is 1. The Morgan fingerprint density at radius 2 is 2.00 bits per heavy atom. The van der Waals surface area contributed by atoms with E-state index >= 15 is 0 Å². The van der Waals surface area contributed by atoms with E-state index in [0.29, 0.717) is 47.1 Å². The number of aromatic amines is 1. The van der Waals surface area contributed by atoms with Crippen LogP contribution in [0.2, 0.25) is 0 Å². The first-order chi connectivity index (χ1) is 16.4. The molecular formula is C24H29N7O3. The van der Waals surface area contributed by atoms with Crippen LogP contribution in [0.4, 0.5) is 5.82 Å². The zero-order valence-electron chi connectivity index (χ0n) is 19.5. The topological polar surface area (TPSA) is 132 Å². The number of terminal acetylenes is 1. The summed E-state index contributed by atoms with van der Waals surface area (Å²) in [5, 5.41) is 7.28. The lowest BCUT2D eigenvalue weighted by molar-refractivity contribution is 0.0998. The van der Waals surface area contributed by atoms with Crippen molar-refractivity contribution in [2.24, 2.45) is 17.8 Å². The molecule has 0 aliphatic heterocycles. The molecule has 2 fully saturated rings. The summed E-state index contributed by atoms with van der Waals surface area (Å²) in [5.74, 6) is 4.59. The van der Waals surface area contributed by atoms with E-state index in [0.717, 1.165) is 25.7 Å². The largest absolute Gasteiger partial charge is 0.439 e. The molecule has 0 amide bonds. The number of imidazole rings is 1. The highest BCUT2D eigenvalue weighted by molar-refractivity contribution is 5.96. The van der Waals surface area contributed by atoms with Gasteiger partial charge in [-0.05, 0) is 57.3 Å². The lowest BCUT2D eigenvalue weighted by Crippen LogP contribution is -2.31. The van der Waals surface area contributed by atoms with Crippen LogP contribution in [0.15, 0.2) is 9.32 Å². The molecule has 34 heavy (non-hydrogen) atoms. The van der Waals surface area contributed by atoms with Gasteiger partial charge in [0.1, 0.15) is 5.52 Å². The highest BCUT2D eigenvalue weighted by Gasteiger charge is 2.29. The third-order valence-electron chi connectivity index (χ3n) is 7.31. The minimum absolute atomic E-state index is 0.123. The molecule has 0 radical (unpaired) electrons. The van der Waals surface area contributed by atoms with Gasteiger partial charge in [0.15, 0.2) is 23.1 Å². The van der Waals surface area contributed by atoms with Crippen LogP contribution < -0.4 is 11.1 Å². The second kappa shape index (κ2) is 9.05. The maximum absolute atomic E-state index is 12.6. The SMILES string of the molecule is C#C[C@H]1CC[C@H](Cn2c(C(C)=O)nc3nc(-c4noc(=O)[nH]4)nc(N[C@H](C)C4CCC4)c32)CC1. The highest BCUT2D eigenvalue weighted by atomic mass is 16.5. The number of hydrogen-bond donors (Lipinski definition) is 2. The second-order valence-corrected chi connectivity index (χ2v) is 9.62. The molecule has 0 saturated heterocycles. The van der Waals surface area contributed by atoms with Gasteiger partial charge >= 0.3 is 5.76 Å². The van der Waals surface area contributed by atoms with Crippen molar-refractivity contribution < 1.29 is 9.32 Å². The molecule has 2 saturated carbocycles. The molecule has 178 valence electrons. The molecule has 0 spiro atoms. The van der Waals surface area contributed by atoms with Gasteiger partial charge in [-0.2, -0.15) is 0 Å². The van der Waals surface area contributed by atoms with E-state index in [4.69, 9.17) is 11.4 Å². The van der Waals surface area contributed by atoms with Gasteiger partial charge < -0.3 is 9.88 Å². The molecule has 5 rings (SSSR count). The fourth-order valence-electron chi connectivity index (χ4n) is 5.06. The summed E-state index contributed by atoms with van der Waals surface area (Å²) in [5.41, 5.74) is 1.09. The number of carbonyl (C=O) groups excluding carboxylic acids is 1. The average molecular weight is 464 g/mol. The molecule has 3 aromatic heterocycles. The van der Waals surface area contributed by atoms with E-state index in [2.05, 4.69) is 42.8 Å². The lowest BCUT2D eigenvalue weighted by Gasteiger charge is -2.32. The van der Waals surface area contributed by atoms with Crippen molar-refractivity contribution in [3.05, 3.63) is 16.4 Å². The minimum atomic E-state index is -0.687. The molecular weight excluding hydrogens is 434 g/mol. The molecule has 10 heteroatoms. The van der Waals surface area contributed by atoms with Crippen LogP contribution in [-0.2, 0) is 6.54 Å². The van der Waals surface area contributed by atoms with Crippen LogP contribution >= 0.6 is 0 Å². The normalized spacial score (nSPS) is 21.7. The number of fused-ring (bicyclic) bond motifs is 1. The zero-order chi connectivity index (χ0) is 23.8. The standard InChI is InChI=1S/C24H29N7O3/c1-4-15-8-10-16(11-9-15)12-31-18-19(25-13(2)17-6-5-7-17)26-21(22-29-24(33)34-30-22)27-20(18)28-23(31)14(3)32/h1,13,15-17H,5-12H2,2-3H3,(H,25,26,27)(H,29,30,33)/t13-,15-,16-/m1/s1. The first-order valence-corrected chi connectivity index (χ1v) is 12.0. The summed E-state index contributed by atoms with van der Waals surface area (Å²) in [6.07, 6.45) is 13.2. The summed E-state index contributed by atoms with van der Waals surface area (Å²) < 4.78 is 6.61. The summed E-state index contributed by atoms with van der Waals surface area (Å²) >= 11 is 0. The van der Waals surface area contributed by atoms with E-state index in [1.54, 1.807) is 0 Å². The summed E-state index contributed by atoms with van der Waals surface area (Å²) in [6, 6.07) is 0.186. The van der Waals surface area contributed by atoms with Gasteiger partial charge in [-0.1, -0.05) is 11.6 Å². The Hall–Kier alpha value is -3.48. The second-order valence-electron chi connectivity index (χ2n) is 9.62. The van der Waals surface area contributed by atoms with Crippen molar-refractivity contribution in [2.45, 2.75) is 71.4 Å². The van der Waals surface area contributed by atoms with Crippen molar-refractivity contribution in [2.75, 3.05) is 5.32 Å². The Morgan fingerprint density at radius 3 is 2.59 bits per heavy atom. The smallest absolute Gasteiger partial charge is 0.365 e. The number of ketones is 1. The van der Waals surface area contributed by atoms with Crippen molar-refractivity contribution in [1.29, 1.82) is 0 Å². The molecule has 3 aromatic rings. The molecule has 3 heterocycles. The van der Waals surface area contributed by atoms with Gasteiger partial charge in [-0.15, -0.1) is 12.3 Å². The number of H-pyrrole nitrogens is 1. The molecule has 0 aromatic carbocycles. The van der Waals surface area contributed by atoms with Crippen molar-refractivity contribution in [3.63, 3.8) is 0 Å². The average Bonchev–Trinajstić information content (AvgIpc) is 3.37. The first kappa shape index (κ1) is 22.3. The zero-order valence-corrected chi connectivity index (χ0v) is 19.5. The summed E-state index contributed by atoms with van der Waals surface area (Å²) in [4.78, 5) is 40.4. The van der Waals surface area contributed by atoms with Gasteiger partial charge in [0, 0.05) is 25.4 Å². The third-order valence-corrected chi connectivity index (χ3v) is 7.31. The van der Waals surface area contributed by atoms with Crippen LogP contribution in [0.1, 0.15) is 69.4 Å². The molecule has 2 N–H and O–H groups in total. The van der Waals surface area contributed by atoms with Crippen molar-refractivity contribution >= 4 is 22.8 Å². The Morgan fingerprint density at radius 1 is 1.24 bits per heavy atom. The van der Waals surface area contributed by atoms with Gasteiger partial charge in [0.25, 0.3) is 0 Å². The summed E-state index contributed by atoms with van der Waals surface area (Å²) in [6.45, 7) is 4.31. The molecule has 2 aliphatic carbocycles. The van der Waals surface area contributed by atoms with Crippen LogP contribution in [0.3, 0.4) is 0 Å². The predicted octanol–water partition coefficient (Wildman–Crippen LogP) is 3.41. The molecule has 1 atom stereocenters. The number of nitrogens with zero attached hydrogens (tertiary/aromatic N) is 5. The molecule has 0 bridgehead atoms. The maximum Gasteiger partial charge on any atom is 0.439 e. The van der Waals surface area contributed by atoms with E-state index < -0.39 is 5.76 Å². The number of hydrogen-bond acceptors (Lipinski definition) is 8. The molecule has 2 aliphatic rings. The monoisotopic (exact) mass is 463 g/mol. The Labute approximate surface area is 196 Å². The highest BCUT2D eigenvalue weighted by Crippen LogP contribution is 2.35. The van der Waals surface area contributed by atoms with Gasteiger partial charge in [0.2, 0.25) is 11.6 Å². The Balaban J connectivity index is 1.59. The van der Waals surface area contributed by atoms with Crippen LogP contribution in [0.25, 0.3) is 22.8 Å². The third kappa shape index (κ3) is 4.22. The number of aromatic nitrogens is 6. The Bertz CT molecular complexity index is 1300. The summed E-state index contributed by atoms with van der Waals surface area (Å²) in [7, 11) is 0. The number of nitrogens with one attached hydrogen (secondary N) is 2. The van der Waals surface area contributed by atoms with Gasteiger partial charge in [-0.3, -0.25) is 14.3 Å². The van der Waals surface area contributed by atoms with E-state index in [1.165, 1.54) is 26.2 Å². The van der Waals surface area contributed by atoms with Gasteiger partial charge in [0.05, 0.1) is 0 Å².